The number of nitrogens with one attached hydrogen (secondary N) is 2. The van der Waals surface area contributed by atoms with Crippen molar-refractivity contribution in [2.24, 2.45) is 5.84 Å². The van der Waals surface area contributed by atoms with Crippen LogP contribution in [0.1, 0.15) is 25.7 Å². The minimum absolute atomic E-state index is 0.0213. The smallest absolute Gasteiger partial charge is 0.276 e. The van der Waals surface area contributed by atoms with E-state index >= 15 is 0 Å². The number of nitrogens with two attached hydrogens (primary N) is 1. The second kappa shape index (κ2) is 6.76. The lowest BCUT2D eigenvalue weighted by atomic mass is 9.95. The van der Waals surface area contributed by atoms with Crippen molar-refractivity contribution >= 4 is 29.1 Å². The molecule has 8 heteroatoms. The number of pyridine rings is 1. The monoisotopic (exact) mass is 297 g/mol. The van der Waals surface area contributed by atoms with Gasteiger partial charge in [0, 0.05) is 11.3 Å². The predicted octanol–water partition coefficient (Wildman–Crippen LogP) is 2.36. The lowest BCUT2D eigenvalue weighted by Crippen LogP contribution is -2.34. The molecular formula is C12H19N5O2S. The van der Waals surface area contributed by atoms with Crippen LogP contribution in [0.4, 0.5) is 17.3 Å². The van der Waals surface area contributed by atoms with Gasteiger partial charge in [-0.25, -0.2) is 10.8 Å². The average Bonchev–Trinajstić information content (AvgIpc) is 2.47. The maximum atomic E-state index is 10.9. The molecule has 0 amide bonds. The molecule has 4 N–H and O–H groups in total. The summed E-state index contributed by atoms with van der Waals surface area (Å²) in [5, 5.41) is 14.7. The third kappa shape index (κ3) is 3.51. The van der Waals surface area contributed by atoms with Crippen molar-refractivity contribution in [1.29, 1.82) is 0 Å². The van der Waals surface area contributed by atoms with Crippen LogP contribution in [-0.2, 0) is 0 Å². The van der Waals surface area contributed by atoms with Crippen molar-refractivity contribution in [1.82, 2.24) is 4.98 Å². The van der Waals surface area contributed by atoms with E-state index in [2.05, 4.69) is 22.0 Å². The van der Waals surface area contributed by atoms with Crippen molar-refractivity contribution in [2.75, 3.05) is 17.0 Å². The highest BCUT2D eigenvalue weighted by Gasteiger charge is 2.25. The first-order valence-corrected chi connectivity index (χ1v) is 7.85. The van der Waals surface area contributed by atoms with Gasteiger partial charge in [0.25, 0.3) is 5.69 Å². The number of aromatic nitrogens is 1. The Balaban J connectivity index is 2.18. The van der Waals surface area contributed by atoms with E-state index in [1.807, 2.05) is 11.8 Å². The van der Waals surface area contributed by atoms with Gasteiger partial charge in [0.05, 0.1) is 17.1 Å². The number of nitrogens with zero attached hydrogens (tertiary/aromatic N) is 2. The van der Waals surface area contributed by atoms with Crippen LogP contribution in [0.25, 0.3) is 0 Å². The van der Waals surface area contributed by atoms with Crippen molar-refractivity contribution in [3.8, 4) is 0 Å². The van der Waals surface area contributed by atoms with E-state index in [0.717, 1.165) is 12.8 Å². The zero-order valence-electron chi connectivity index (χ0n) is 11.3. The van der Waals surface area contributed by atoms with Gasteiger partial charge < -0.3 is 10.7 Å². The lowest BCUT2D eigenvalue weighted by molar-refractivity contribution is -0.384. The highest BCUT2D eigenvalue weighted by molar-refractivity contribution is 7.99. The molecule has 2 unspecified atom stereocenters. The number of anilines is 2. The predicted molar refractivity (Wildman–Crippen MR) is 81.9 cm³/mol. The lowest BCUT2D eigenvalue weighted by Gasteiger charge is -2.31. The zero-order chi connectivity index (χ0) is 14.5. The maximum Gasteiger partial charge on any atom is 0.276 e. The number of thioether (sulfide) groups is 1. The standard InChI is InChI=1S/C12H19N5O2S/c1-20-10-5-3-2-4-9(10)14-11-6-8(17(18)19)7-12(15-11)16-13/h6-7,9-10H,2-5,13H2,1H3,(H2,14,15,16). The van der Waals surface area contributed by atoms with Crippen molar-refractivity contribution in [3.05, 3.63) is 22.2 Å². The van der Waals surface area contributed by atoms with Gasteiger partial charge in [0.1, 0.15) is 11.6 Å². The van der Waals surface area contributed by atoms with Crippen molar-refractivity contribution in [2.45, 2.75) is 37.0 Å². The van der Waals surface area contributed by atoms with Crippen LogP contribution < -0.4 is 16.6 Å². The molecule has 1 aromatic rings. The van der Waals surface area contributed by atoms with Gasteiger partial charge in [-0.1, -0.05) is 12.8 Å². The second-order valence-corrected chi connectivity index (χ2v) is 5.88. The Morgan fingerprint density at radius 2 is 2.10 bits per heavy atom. The number of hydrogen-bond donors (Lipinski definition) is 3. The van der Waals surface area contributed by atoms with Gasteiger partial charge in [0.15, 0.2) is 0 Å². The zero-order valence-corrected chi connectivity index (χ0v) is 12.2. The Labute approximate surface area is 121 Å². The Morgan fingerprint density at radius 1 is 1.40 bits per heavy atom. The molecule has 1 heterocycles. The minimum atomic E-state index is -0.444. The van der Waals surface area contributed by atoms with E-state index in [1.54, 1.807) is 0 Å². The molecule has 2 atom stereocenters. The third-order valence-corrected chi connectivity index (χ3v) is 4.68. The normalized spacial score (nSPS) is 22.3. The summed E-state index contributed by atoms with van der Waals surface area (Å²) in [5.41, 5.74) is 2.34. The van der Waals surface area contributed by atoms with E-state index in [4.69, 9.17) is 5.84 Å². The van der Waals surface area contributed by atoms with Crippen LogP contribution >= 0.6 is 11.8 Å². The van der Waals surface area contributed by atoms with Crippen LogP contribution in [0.15, 0.2) is 12.1 Å². The summed E-state index contributed by atoms with van der Waals surface area (Å²) in [7, 11) is 0. The molecule has 1 aliphatic carbocycles. The number of rotatable bonds is 5. The number of hydrogen-bond acceptors (Lipinski definition) is 7. The van der Waals surface area contributed by atoms with Crippen LogP contribution in [0.2, 0.25) is 0 Å². The van der Waals surface area contributed by atoms with Gasteiger partial charge >= 0.3 is 0 Å². The molecule has 20 heavy (non-hydrogen) atoms. The average molecular weight is 297 g/mol. The summed E-state index contributed by atoms with van der Waals surface area (Å²) in [6.45, 7) is 0. The Bertz CT molecular complexity index is 485. The van der Waals surface area contributed by atoms with Gasteiger partial charge in [-0.15, -0.1) is 0 Å². The molecule has 110 valence electrons. The number of nitrogen functional groups attached to an aromatic ring is 1. The molecule has 0 bridgehead atoms. The van der Waals surface area contributed by atoms with E-state index < -0.39 is 4.92 Å². The molecule has 0 aliphatic heterocycles. The molecule has 0 radical (unpaired) electrons. The van der Waals surface area contributed by atoms with E-state index in [9.17, 15) is 10.1 Å². The number of nitro groups is 1. The summed E-state index contributed by atoms with van der Waals surface area (Å²) in [6, 6.07) is 3.06. The fourth-order valence-corrected chi connectivity index (χ4v) is 3.44. The molecule has 0 saturated heterocycles. The molecule has 1 fully saturated rings. The first-order valence-electron chi connectivity index (χ1n) is 6.56. The Morgan fingerprint density at radius 3 is 2.75 bits per heavy atom. The molecule has 7 nitrogen and oxygen atoms in total. The quantitative estimate of drug-likeness (QED) is 0.435. The van der Waals surface area contributed by atoms with Gasteiger partial charge in [-0.05, 0) is 19.1 Å². The van der Waals surface area contributed by atoms with Crippen LogP contribution in [0.3, 0.4) is 0 Å². The van der Waals surface area contributed by atoms with E-state index in [-0.39, 0.29) is 5.69 Å². The molecular weight excluding hydrogens is 278 g/mol. The maximum absolute atomic E-state index is 10.9. The van der Waals surface area contributed by atoms with Crippen LogP contribution in [0.5, 0.6) is 0 Å². The Kier molecular flexibility index (Phi) is 5.02. The summed E-state index contributed by atoms with van der Waals surface area (Å²) in [6.07, 6.45) is 6.72. The molecule has 0 aromatic carbocycles. The van der Waals surface area contributed by atoms with Crippen LogP contribution in [-0.4, -0.2) is 27.5 Å². The molecule has 2 rings (SSSR count). The van der Waals surface area contributed by atoms with E-state index in [0.29, 0.717) is 22.9 Å². The molecule has 1 aromatic heterocycles. The topological polar surface area (TPSA) is 106 Å². The largest absolute Gasteiger partial charge is 0.366 e. The van der Waals surface area contributed by atoms with E-state index in [1.165, 1.54) is 25.0 Å². The van der Waals surface area contributed by atoms with Crippen molar-refractivity contribution < 1.29 is 4.92 Å². The molecule has 1 saturated carbocycles. The first kappa shape index (κ1) is 14.9. The molecule has 1 aliphatic rings. The number of hydrazine groups is 1. The highest BCUT2D eigenvalue weighted by atomic mass is 32.2. The van der Waals surface area contributed by atoms with Gasteiger partial charge in [-0.3, -0.25) is 10.1 Å². The summed E-state index contributed by atoms with van der Waals surface area (Å²) < 4.78 is 0. The minimum Gasteiger partial charge on any atom is -0.366 e. The van der Waals surface area contributed by atoms with Crippen molar-refractivity contribution in [3.63, 3.8) is 0 Å². The Hall–Kier alpha value is -1.54. The van der Waals surface area contributed by atoms with Gasteiger partial charge in [0.2, 0.25) is 0 Å². The third-order valence-electron chi connectivity index (χ3n) is 3.51. The summed E-state index contributed by atoms with van der Waals surface area (Å²) in [4.78, 5) is 14.7. The second-order valence-electron chi connectivity index (χ2n) is 4.81. The van der Waals surface area contributed by atoms with Crippen LogP contribution in [0, 0.1) is 10.1 Å². The molecule has 0 spiro atoms. The van der Waals surface area contributed by atoms with Gasteiger partial charge in [-0.2, -0.15) is 11.8 Å². The first-order chi connectivity index (χ1) is 9.63. The summed E-state index contributed by atoms with van der Waals surface area (Å²) in [5.74, 6) is 6.10. The SMILES string of the molecule is CSC1CCCCC1Nc1cc([N+](=O)[O-])cc(NN)n1. The summed E-state index contributed by atoms with van der Waals surface area (Å²) >= 11 is 1.83. The highest BCUT2D eigenvalue weighted by Crippen LogP contribution is 2.30. The fraction of sp³-hybridized carbons (Fsp3) is 0.583. The fourth-order valence-electron chi connectivity index (χ4n) is 2.50.